The van der Waals surface area contributed by atoms with Crippen molar-refractivity contribution >= 4 is 38.6 Å². The molecule has 1 aliphatic carbocycles. The standard InChI is InChI=1S/C32H38N6O5S/c1-4-43-26-18-14-23(15-19-26)31(32(40)33-24-10-6-5-7-11-24)38(25-16-20-27(21-17-25)44(41,42)36(2)3)30(39)22-37-29-13-9-8-12-28(29)34-35-37/h8-9,12-21,24,31H,4-7,10-11,22H2,1-3H3,(H,33,40)/t31-/m1/s1. The summed E-state index contributed by atoms with van der Waals surface area (Å²) in [7, 11) is -0.794. The predicted octanol–water partition coefficient (Wildman–Crippen LogP) is 4.30. The van der Waals surface area contributed by atoms with E-state index in [1.165, 1.54) is 35.8 Å². The van der Waals surface area contributed by atoms with Crippen molar-refractivity contribution in [3.8, 4) is 5.75 Å². The monoisotopic (exact) mass is 618 g/mol. The number of fused-ring (bicyclic) bond motifs is 1. The number of aromatic nitrogens is 3. The zero-order valence-corrected chi connectivity index (χ0v) is 26.0. The Hall–Kier alpha value is -4.29. The molecular formula is C32H38N6O5S. The first-order valence-corrected chi connectivity index (χ1v) is 16.3. The van der Waals surface area contributed by atoms with Crippen molar-refractivity contribution in [2.24, 2.45) is 0 Å². The van der Waals surface area contributed by atoms with Crippen LogP contribution < -0.4 is 15.0 Å². The van der Waals surface area contributed by atoms with E-state index in [-0.39, 0.29) is 23.4 Å². The van der Waals surface area contributed by atoms with Gasteiger partial charge in [0.2, 0.25) is 21.8 Å². The zero-order chi connectivity index (χ0) is 31.3. The minimum Gasteiger partial charge on any atom is -0.494 e. The van der Waals surface area contributed by atoms with Crippen LogP contribution >= 0.6 is 0 Å². The minimum absolute atomic E-state index is 0.00488. The van der Waals surface area contributed by atoms with Crippen LogP contribution in [0, 0.1) is 0 Å². The highest BCUT2D eigenvalue weighted by Crippen LogP contribution is 2.32. The number of amides is 2. The first-order valence-electron chi connectivity index (χ1n) is 14.8. The molecule has 0 bridgehead atoms. The second kappa shape index (κ2) is 13.6. The summed E-state index contributed by atoms with van der Waals surface area (Å²) in [6, 6.07) is 19.4. The average molecular weight is 619 g/mol. The second-order valence-corrected chi connectivity index (χ2v) is 13.2. The largest absolute Gasteiger partial charge is 0.494 e. The summed E-state index contributed by atoms with van der Waals surface area (Å²) in [4.78, 5) is 30.0. The van der Waals surface area contributed by atoms with Crippen LogP contribution in [0.1, 0.15) is 50.6 Å². The Kier molecular flexibility index (Phi) is 9.60. The van der Waals surface area contributed by atoms with Crippen molar-refractivity contribution in [3.05, 3.63) is 78.4 Å². The molecule has 1 aliphatic rings. The molecule has 0 saturated heterocycles. The highest BCUT2D eigenvalue weighted by Gasteiger charge is 2.35. The molecule has 12 heteroatoms. The lowest BCUT2D eigenvalue weighted by molar-refractivity contribution is -0.127. The zero-order valence-electron chi connectivity index (χ0n) is 25.2. The number of hydrogen-bond acceptors (Lipinski definition) is 7. The Balaban J connectivity index is 1.59. The van der Waals surface area contributed by atoms with Crippen LogP contribution in [-0.4, -0.2) is 66.3 Å². The van der Waals surface area contributed by atoms with Gasteiger partial charge in [0.1, 0.15) is 23.9 Å². The molecule has 1 heterocycles. The number of hydrogen-bond donors (Lipinski definition) is 1. The summed E-state index contributed by atoms with van der Waals surface area (Å²) in [5, 5.41) is 11.6. The Morgan fingerprint density at radius 3 is 2.32 bits per heavy atom. The average Bonchev–Trinajstić information content (AvgIpc) is 3.43. The molecule has 1 aromatic heterocycles. The quantitative estimate of drug-likeness (QED) is 0.266. The van der Waals surface area contributed by atoms with E-state index in [2.05, 4.69) is 15.6 Å². The predicted molar refractivity (Wildman–Crippen MR) is 168 cm³/mol. The molecule has 0 unspecified atom stereocenters. The van der Waals surface area contributed by atoms with Gasteiger partial charge in [0, 0.05) is 25.8 Å². The fourth-order valence-corrected chi connectivity index (χ4v) is 6.42. The molecule has 4 aromatic rings. The molecule has 1 atom stereocenters. The summed E-state index contributed by atoms with van der Waals surface area (Å²) >= 11 is 0. The van der Waals surface area contributed by atoms with Crippen LogP contribution in [0.15, 0.2) is 77.7 Å². The Labute approximate surface area is 257 Å². The van der Waals surface area contributed by atoms with Gasteiger partial charge in [-0.25, -0.2) is 17.4 Å². The van der Waals surface area contributed by atoms with Gasteiger partial charge in [-0.1, -0.05) is 48.7 Å². The van der Waals surface area contributed by atoms with Gasteiger partial charge >= 0.3 is 0 Å². The molecule has 232 valence electrons. The summed E-state index contributed by atoms with van der Waals surface area (Å²) < 4.78 is 33.9. The van der Waals surface area contributed by atoms with E-state index in [4.69, 9.17) is 4.74 Å². The molecule has 1 fully saturated rings. The number of ether oxygens (including phenoxy) is 1. The first kappa shape index (κ1) is 31.1. The molecule has 0 aliphatic heterocycles. The van der Waals surface area contributed by atoms with Gasteiger partial charge < -0.3 is 10.1 Å². The molecule has 3 aromatic carbocycles. The molecule has 1 N–H and O–H groups in total. The normalized spacial score (nSPS) is 14.8. The van der Waals surface area contributed by atoms with E-state index in [1.54, 1.807) is 36.4 Å². The van der Waals surface area contributed by atoms with Crippen LogP contribution in [0.4, 0.5) is 5.69 Å². The molecule has 0 spiro atoms. The maximum Gasteiger partial charge on any atom is 0.249 e. The summed E-state index contributed by atoms with van der Waals surface area (Å²) in [6.45, 7) is 2.19. The highest BCUT2D eigenvalue weighted by atomic mass is 32.2. The number of anilines is 1. The lowest BCUT2D eigenvalue weighted by Gasteiger charge is -2.33. The number of benzene rings is 3. The third-order valence-corrected chi connectivity index (χ3v) is 9.66. The van der Waals surface area contributed by atoms with Gasteiger partial charge in [-0.15, -0.1) is 5.10 Å². The van der Waals surface area contributed by atoms with E-state index in [9.17, 15) is 18.0 Å². The number of nitrogens with one attached hydrogen (secondary N) is 1. The molecule has 2 amide bonds. The fourth-order valence-electron chi connectivity index (χ4n) is 5.52. The summed E-state index contributed by atoms with van der Waals surface area (Å²) in [5.41, 5.74) is 2.28. The van der Waals surface area contributed by atoms with Gasteiger partial charge in [0.25, 0.3) is 0 Å². The number of rotatable bonds is 11. The summed E-state index contributed by atoms with van der Waals surface area (Å²) in [6.07, 6.45) is 4.94. The van der Waals surface area contributed by atoms with Gasteiger partial charge in [-0.2, -0.15) is 0 Å². The molecule has 11 nitrogen and oxygen atoms in total. The Morgan fingerprint density at radius 1 is 0.977 bits per heavy atom. The van der Waals surface area contributed by atoms with Crippen LogP contribution in [0.25, 0.3) is 11.0 Å². The molecule has 1 saturated carbocycles. The number of sulfonamides is 1. The molecule has 44 heavy (non-hydrogen) atoms. The summed E-state index contributed by atoms with van der Waals surface area (Å²) in [5.74, 6) is -0.0858. The van der Waals surface area contributed by atoms with Crippen LogP contribution in [0.5, 0.6) is 5.75 Å². The fraction of sp³-hybridized carbons (Fsp3) is 0.375. The lowest BCUT2D eigenvalue weighted by Crippen LogP contribution is -2.48. The van der Waals surface area contributed by atoms with Crippen LogP contribution in [0.3, 0.4) is 0 Å². The van der Waals surface area contributed by atoms with Crippen LogP contribution in [-0.2, 0) is 26.2 Å². The van der Waals surface area contributed by atoms with Gasteiger partial charge in [-0.3, -0.25) is 14.5 Å². The third kappa shape index (κ3) is 6.76. The minimum atomic E-state index is -3.71. The molecular weight excluding hydrogens is 580 g/mol. The Morgan fingerprint density at radius 2 is 1.66 bits per heavy atom. The van der Waals surface area contributed by atoms with Crippen molar-refractivity contribution in [1.29, 1.82) is 0 Å². The number of nitrogens with zero attached hydrogens (tertiary/aromatic N) is 5. The van der Waals surface area contributed by atoms with Gasteiger partial charge in [0.05, 0.1) is 17.0 Å². The first-order chi connectivity index (χ1) is 21.2. The smallest absolute Gasteiger partial charge is 0.249 e. The van der Waals surface area contributed by atoms with E-state index in [1.807, 2.05) is 31.2 Å². The second-order valence-electron chi connectivity index (χ2n) is 11.0. The Bertz CT molecular complexity index is 1700. The SMILES string of the molecule is CCOc1ccc([C@H](C(=O)NC2CCCCC2)N(C(=O)Cn2nnc3ccccc32)c2ccc(S(=O)(=O)N(C)C)cc2)cc1. The third-order valence-electron chi connectivity index (χ3n) is 7.83. The number of para-hydroxylation sites is 1. The van der Waals surface area contributed by atoms with Crippen molar-refractivity contribution in [2.75, 3.05) is 25.6 Å². The van der Waals surface area contributed by atoms with Gasteiger partial charge in [0.15, 0.2) is 0 Å². The highest BCUT2D eigenvalue weighted by molar-refractivity contribution is 7.89. The lowest BCUT2D eigenvalue weighted by atomic mass is 9.94. The maximum atomic E-state index is 14.3. The van der Waals surface area contributed by atoms with E-state index in [0.29, 0.717) is 34.6 Å². The van der Waals surface area contributed by atoms with Crippen molar-refractivity contribution < 1.29 is 22.7 Å². The molecule has 5 rings (SSSR count). The van der Waals surface area contributed by atoms with Crippen molar-refractivity contribution in [3.63, 3.8) is 0 Å². The molecule has 0 radical (unpaired) electrons. The topological polar surface area (TPSA) is 127 Å². The van der Waals surface area contributed by atoms with Crippen LogP contribution in [0.2, 0.25) is 0 Å². The van der Waals surface area contributed by atoms with E-state index >= 15 is 0 Å². The van der Waals surface area contributed by atoms with E-state index < -0.39 is 22.0 Å². The van der Waals surface area contributed by atoms with Crippen molar-refractivity contribution in [2.45, 2.75) is 62.6 Å². The van der Waals surface area contributed by atoms with E-state index in [0.717, 1.165) is 36.4 Å². The van der Waals surface area contributed by atoms with Gasteiger partial charge in [-0.05, 0) is 73.9 Å². The number of carbonyl (C=O) groups excluding carboxylic acids is 2. The van der Waals surface area contributed by atoms with Crippen molar-refractivity contribution in [1.82, 2.24) is 24.6 Å². The number of carbonyl (C=O) groups is 2. The maximum absolute atomic E-state index is 14.3.